The van der Waals surface area contributed by atoms with Gasteiger partial charge in [0.05, 0.1) is 17.1 Å². The van der Waals surface area contributed by atoms with Gasteiger partial charge in [0.1, 0.15) is 18.6 Å². The van der Waals surface area contributed by atoms with Crippen LogP contribution in [-0.4, -0.2) is 42.1 Å². The van der Waals surface area contributed by atoms with E-state index in [0.29, 0.717) is 18.0 Å². The Labute approximate surface area is 178 Å². The molecule has 0 bridgehead atoms. The van der Waals surface area contributed by atoms with E-state index < -0.39 is 20.5 Å². The lowest BCUT2D eigenvalue weighted by atomic mass is 10.1. The number of imidazole rings is 1. The van der Waals surface area contributed by atoms with Crippen LogP contribution in [0.25, 0.3) is 0 Å². The summed E-state index contributed by atoms with van der Waals surface area (Å²) in [6, 6.07) is 15.1. The number of anilines is 1. The van der Waals surface area contributed by atoms with Crippen LogP contribution in [0.4, 0.5) is 11.5 Å². The van der Waals surface area contributed by atoms with E-state index in [4.69, 9.17) is 9.47 Å². The minimum atomic E-state index is -3.70. The Morgan fingerprint density at radius 3 is 2.52 bits per heavy atom. The van der Waals surface area contributed by atoms with Crippen LogP contribution in [0, 0.1) is 10.1 Å². The number of aromatic nitrogens is 2. The second-order valence-corrected chi connectivity index (χ2v) is 9.36. The van der Waals surface area contributed by atoms with E-state index in [2.05, 4.69) is 4.98 Å². The molecular weight excluding hydrogens is 424 g/mol. The molecule has 11 heteroatoms. The Balaban J connectivity index is 1.41. The Morgan fingerprint density at radius 2 is 1.90 bits per heavy atom. The summed E-state index contributed by atoms with van der Waals surface area (Å²) in [5.41, 5.74) is -0.192. The number of benzene rings is 2. The third-order valence-corrected chi connectivity index (χ3v) is 6.70. The van der Waals surface area contributed by atoms with Crippen LogP contribution < -0.4 is 13.8 Å². The molecule has 0 unspecified atom stereocenters. The van der Waals surface area contributed by atoms with Crippen LogP contribution >= 0.6 is 0 Å². The number of ether oxygens (including phenoxy) is 2. The summed E-state index contributed by atoms with van der Waals surface area (Å²) in [6.45, 7) is 2.30. The van der Waals surface area contributed by atoms with Crippen LogP contribution in [0.15, 0.2) is 65.7 Å². The SMILES string of the molecule is CN(c1ccccc1)S(=O)(=O)c1ccc(OC[C@@]2(C)Cn3cc([N+](=O)[O-])nc3O2)cc1. The highest BCUT2D eigenvalue weighted by atomic mass is 32.2. The topological polar surface area (TPSA) is 117 Å². The molecule has 10 nitrogen and oxygen atoms in total. The van der Waals surface area contributed by atoms with Crippen LogP contribution in [0.3, 0.4) is 0 Å². The molecule has 3 aromatic rings. The normalized spacial score (nSPS) is 17.6. The second kappa shape index (κ2) is 7.58. The molecule has 0 amide bonds. The van der Waals surface area contributed by atoms with Crippen molar-refractivity contribution in [3.05, 3.63) is 70.9 Å². The van der Waals surface area contributed by atoms with Crippen molar-refractivity contribution in [2.45, 2.75) is 24.0 Å². The predicted octanol–water partition coefficient (Wildman–Crippen LogP) is 2.85. The second-order valence-electron chi connectivity index (χ2n) is 7.39. The van der Waals surface area contributed by atoms with Gasteiger partial charge in [0.2, 0.25) is 0 Å². The Kier molecular flexibility index (Phi) is 5.05. The first kappa shape index (κ1) is 20.7. The number of rotatable bonds is 7. The number of nitro groups is 1. The van der Waals surface area contributed by atoms with Gasteiger partial charge in [0, 0.05) is 12.0 Å². The first-order chi connectivity index (χ1) is 14.7. The lowest BCUT2D eigenvalue weighted by Crippen LogP contribution is -2.38. The summed E-state index contributed by atoms with van der Waals surface area (Å²) in [6.07, 6.45) is 1.32. The summed E-state index contributed by atoms with van der Waals surface area (Å²) in [5, 5.41) is 10.8. The van der Waals surface area contributed by atoms with Gasteiger partial charge in [-0.05, 0) is 48.2 Å². The van der Waals surface area contributed by atoms with E-state index >= 15 is 0 Å². The van der Waals surface area contributed by atoms with Crippen LogP contribution in [-0.2, 0) is 16.6 Å². The zero-order chi connectivity index (χ0) is 22.2. The zero-order valence-electron chi connectivity index (χ0n) is 16.8. The van der Waals surface area contributed by atoms with Crippen molar-refractivity contribution < 1.29 is 22.8 Å². The molecule has 0 fully saturated rings. The molecule has 0 N–H and O–H groups in total. The molecule has 1 atom stereocenters. The van der Waals surface area contributed by atoms with Crippen molar-refractivity contribution in [3.63, 3.8) is 0 Å². The summed E-state index contributed by atoms with van der Waals surface area (Å²) < 4.78 is 40.0. The largest absolute Gasteiger partial charge is 0.489 e. The Hall–Kier alpha value is -3.60. The first-order valence-corrected chi connectivity index (χ1v) is 10.8. The van der Waals surface area contributed by atoms with Gasteiger partial charge in [-0.1, -0.05) is 18.2 Å². The molecule has 2 heterocycles. The van der Waals surface area contributed by atoms with Crippen molar-refractivity contribution in [3.8, 4) is 11.8 Å². The maximum absolute atomic E-state index is 12.8. The highest BCUT2D eigenvalue weighted by Crippen LogP contribution is 2.31. The quantitative estimate of drug-likeness (QED) is 0.406. The molecule has 162 valence electrons. The van der Waals surface area contributed by atoms with Gasteiger partial charge in [0.25, 0.3) is 10.0 Å². The molecule has 0 spiro atoms. The molecular formula is C20H20N4O6S. The number of hydrogen-bond donors (Lipinski definition) is 0. The van der Waals surface area contributed by atoms with E-state index in [1.54, 1.807) is 47.9 Å². The fourth-order valence-electron chi connectivity index (χ4n) is 3.24. The lowest BCUT2D eigenvalue weighted by Gasteiger charge is -2.22. The van der Waals surface area contributed by atoms with Crippen molar-refractivity contribution in [1.82, 2.24) is 9.55 Å². The van der Waals surface area contributed by atoms with Gasteiger partial charge >= 0.3 is 11.8 Å². The molecule has 2 aromatic carbocycles. The zero-order valence-corrected chi connectivity index (χ0v) is 17.7. The van der Waals surface area contributed by atoms with Crippen LogP contribution in [0.5, 0.6) is 11.8 Å². The lowest BCUT2D eigenvalue weighted by molar-refractivity contribution is -0.389. The molecule has 1 aliphatic heterocycles. The van der Waals surface area contributed by atoms with Crippen molar-refractivity contribution in [2.75, 3.05) is 18.0 Å². The average Bonchev–Trinajstić information content (AvgIpc) is 3.28. The maximum Gasteiger partial charge on any atom is 0.415 e. The maximum atomic E-state index is 12.8. The van der Waals surface area contributed by atoms with Crippen molar-refractivity contribution >= 4 is 21.5 Å². The Bertz CT molecular complexity index is 1180. The van der Waals surface area contributed by atoms with E-state index in [1.165, 1.54) is 29.7 Å². The molecule has 4 rings (SSSR count). The minimum absolute atomic E-state index is 0.141. The smallest absolute Gasteiger partial charge is 0.415 e. The number of hydrogen-bond acceptors (Lipinski definition) is 7. The number of fused-ring (bicyclic) bond motifs is 1. The van der Waals surface area contributed by atoms with Gasteiger partial charge in [0.15, 0.2) is 5.60 Å². The van der Waals surface area contributed by atoms with Gasteiger partial charge in [-0.3, -0.25) is 8.87 Å². The predicted molar refractivity (Wildman–Crippen MR) is 112 cm³/mol. The molecule has 0 radical (unpaired) electrons. The summed E-state index contributed by atoms with van der Waals surface area (Å²) in [5.74, 6) is 0.205. The van der Waals surface area contributed by atoms with Gasteiger partial charge in [-0.15, -0.1) is 0 Å². The molecule has 1 aromatic heterocycles. The monoisotopic (exact) mass is 444 g/mol. The standard InChI is InChI=1S/C20H20N4O6S/c1-20(13-23-12-18(24(25)26)21-19(23)30-20)14-29-16-8-10-17(11-9-16)31(27,28)22(2)15-6-4-3-5-7-15/h3-12H,13-14H2,1-2H3/t20-/m1/s1. The van der Waals surface area contributed by atoms with Gasteiger partial charge < -0.3 is 19.6 Å². The molecule has 31 heavy (non-hydrogen) atoms. The van der Waals surface area contributed by atoms with Crippen molar-refractivity contribution in [1.29, 1.82) is 0 Å². The number of para-hydroxylation sites is 1. The highest BCUT2D eigenvalue weighted by Gasteiger charge is 2.41. The van der Waals surface area contributed by atoms with E-state index in [1.807, 2.05) is 6.07 Å². The Morgan fingerprint density at radius 1 is 1.23 bits per heavy atom. The third-order valence-electron chi connectivity index (χ3n) is 4.90. The molecule has 0 saturated heterocycles. The van der Waals surface area contributed by atoms with E-state index in [0.717, 1.165) is 0 Å². The van der Waals surface area contributed by atoms with E-state index in [-0.39, 0.29) is 23.3 Å². The molecule has 1 aliphatic rings. The highest BCUT2D eigenvalue weighted by molar-refractivity contribution is 7.92. The minimum Gasteiger partial charge on any atom is -0.489 e. The summed E-state index contributed by atoms with van der Waals surface area (Å²) >= 11 is 0. The first-order valence-electron chi connectivity index (χ1n) is 9.35. The van der Waals surface area contributed by atoms with Gasteiger partial charge in [-0.25, -0.2) is 8.42 Å². The van der Waals surface area contributed by atoms with Crippen molar-refractivity contribution in [2.24, 2.45) is 0 Å². The van der Waals surface area contributed by atoms with Crippen LogP contribution in [0.2, 0.25) is 0 Å². The number of nitrogens with zero attached hydrogens (tertiary/aromatic N) is 4. The number of sulfonamides is 1. The van der Waals surface area contributed by atoms with Crippen LogP contribution in [0.1, 0.15) is 6.92 Å². The molecule has 0 saturated carbocycles. The fourth-order valence-corrected chi connectivity index (χ4v) is 4.43. The molecule has 0 aliphatic carbocycles. The third kappa shape index (κ3) is 4.04. The average molecular weight is 444 g/mol. The summed E-state index contributed by atoms with van der Waals surface area (Å²) in [4.78, 5) is 14.2. The van der Waals surface area contributed by atoms with E-state index in [9.17, 15) is 18.5 Å². The fraction of sp³-hybridized carbons (Fsp3) is 0.250. The van der Waals surface area contributed by atoms with Gasteiger partial charge in [-0.2, -0.15) is 0 Å². The summed E-state index contributed by atoms with van der Waals surface area (Å²) in [7, 11) is -2.20.